The molecule has 27 heavy (non-hydrogen) atoms. The summed E-state index contributed by atoms with van der Waals surface area (Å²) in [5.41, 5.74) is 0.767. The predicted molar refractivity (Wildman–Crippen MR) is 95.4 cm³/mol. The molecule has 1 aromatic rings. The van der Waals surface area contributed by atoms with Gasteiger partial charge in [0.1, 0.15) is 6.61 Å². The van der Waals surface area contributed by atoms with Crippen LogP contribution in [-0.2, 0) is 19.1 Å². The van der Waals surface area contributed by atoms with Gasteiger partial charge in [-0.1, -0.05) is 6.07 Å². The number of nitrogens with zero attached hydrogens (tertiary/aromatic N) is 3. The van der Waals surface area contributed by atoms with Crippen molar-refractivity contribution in [2.75, 3.05) is 26.2 Å². The molecule has 0 radical (unpaired) electrons. The Labute approximate surface area is 157 Å². The summed E-state index contributed by atoms with van der Waals surface area (Å²) in [5, 5.41) is 2.71. The van der Waals surface area contributed by atoms with Gasteiger partial charge in [-0.25, -0.2) is 0 Å². The standard InChI is InChI=1S/C19H24N4O4/c24-15(22-8-1-2-9-22)11-21-19(26)18-17(13-4-3-7-20-10-13)23(14-5-6-14)16(25)12-27-18/h3-4,7,10,14,17-18H,1-2,5-6,8-9,11-12H2,(H,21,26)/t17-,18+/m1/s1. The van der Waals surface area contributed by atoms with E-state index in [0.717, 1.165) is 44.3 Å². The van der Waals surface area contributed by atoms with Crippen LogP contribution in [-0.4, -0.2) is 70.9 Å². The SMILES string of the molecule is O=C(NCC(=O)N1CCCC1)[C@H]1OCC(=O)N(C2CC2)[C@@H]1c1cccnc1. The Bertz CT molecular complexity index is 716. The van der Waals surface area contributed by atoms with E-state index in [1.54, 1.807) is 28.3 Å². The third kappa shape index (κ3) is 3.80. The Morgan fingerprint density at radius 1 is 1.26 bits per heavy atom. The number of carbonyl (C=O) groups excluding carboxylic acids is 3. The second-order valence-corrected chi connectivity index (χ2v) is 7.30. The smallest absolute Gasteiger partial charge is 0.252 e. The molecule has 1 N–H and O–H groups in total. The molecule has 8 heteroatoms. The number of rotatable bonds is 5. The molecule has 8 nitrogen and oxygen atoms in total. The van der Waals surface area contributed by atoms with Gasteiger partial charge in [0.05, 0.1) is 12.6 Å². The normalized spacial score (nSPS) is 25.6. The second kappa shape index (κ2) is 7.64. The van der Waals surface area contributed by atoms with Crippen molar-refractivity contribution in [1.29, 1.82) is 0 Å². The molecule has 0 bridgehead atoms. The summed E-state index contributed by atoms with van der Waals surface area (Å²) >= 11 is 0. The molecule has 3 aliphatic rings. The van der Waals surface area contributed by atoms with Crippen LogP contribution in [0.2, 0.25) is 0 Å². The first kappa shape index (κ1) is 17.9. The number of amides is 3. The lowest BCUT2D eigenvalue weighted by Gasteiger charge is -2.40. The van der Waals surface area contributed by atoms with Crippen LogP contribution < -0.4 is 5.32 Å². The predicted octanol–water partition coefficient (Wildman–Crippen LogP) is 0.251. The van der Waals surface area contributed by atoms with Crippen molar-refractivity contribution < 1.29 is 19.1 Å². The van der Waals surface area contributed by atoms with E-state index < -0.39 is 12.1 Å². The molecule has 3 fully saturated rings. The van der Waals surface area contributed by atoms with Crippen molar-refractivity contribution in [2.24, 2.45) is 0 Å². The van der Waals surface area contributed by atoms with Crippen LogP contribution >= 0.6 is 0 Å². The molecule has 4 rings (SSSR count). The lowest BCUT2D eigenvalue weighted by atomic mass is 9.98. The Balaban J connectivity index is 1.49. The highest BCUT2D eigenvalue weighted by Gasteiger charge is 2.47. The maximum atomic E-state index is 12.8. The molecule has 1 aliphatic carbocycles. The number of likely N-dealkylation sites (tertiary alicyclic amines) is 1. The van der Waals surface area contributed by atoms with Gasteiger partial charge in [0.25, 0.3) is 5.91 Å². The number of ether oxygens (including phenoxy) is 1. The number of aromatic nitrogens is 1. The van der Waals surface area contributed by atoms with E-state index >= 15 is 0 Å². The molecule has 2 aliphatic heterocycles. The Kier molecular flexibility index (Phi) is 5.07. The molecule has 144 valence electrons. The average molecular weight is 372 g/mol. The summed E-state index contributed by atoms with van der Waals surface area (Å²) in [6.07, 6.45) is 6.35. The van der Waals surface area contributed by atoms with Crippen LogP contribution in [0, 0.1) is 0 Å². The van der Waals surface area contributed by atoms with Gasteiger partial charge in [0.2, 0.25) is 11.8 Å². The van der Waals surface area contributed by atoms with Crippen LogP contribution in [0.5, 0.6) is 0 Å². The van der Waals surface area contributed by atoms with Gasteiger partial charge in [0, 0.05) is 31.5 Å². The molecule has 0 spiro atoms. The highest BCUT2D eigenvalue weighted by atomic mass is 16.5. The van der Waals surface area contributed by atoms with Crippen molar-refractivity contribution in [3.63, 3.8) is 0 Å². The van der Waals surface area contributed by atoms with Crippen molar-refractivity contribution in [3.8, 4) is 0 Å². The summed E-state index contributed by atoms with van der Waals surface area (Å²) in [7, 11) is 0. The number of nitrogens with one attached hydrogen (secondary N) is 1. The number of hydrogen-bond donors (Lipinski definition) is 1. The highest BCUT2D eigenvalue weighted by Crippen LogP contribution is 2.39. The summed E-state index contributed by atoms with van der Waals surface area (Å²) in [6.45, 7) is 1.33. The van der Waals surface area contributed by atoms with Crippen LogP contribution in [0.15, 0.2) is 24.5 Å². The fraction of sp³-hybridized carbons (Fsp3) is 0.579. The summed E-state index contributed by atoms with van der Waals surface area (Å²) in [6, 6.07) is 3.26. The minimum Gasteiger partial charge on any atom is -0.356 e. The van der Waals surface area contributed by atoms with Gasteiger partial charge in [-0.2, -0.15) is 0 Å². The highest BCUT2D eigenvalue weighted by molar-refractivity contribution is 5.89. The molecule has 0 unspecified atom stereocenters. The van der Waals surface area contributed by atoms with Gasteiger partial charge < -0.3 is 19.9 Å². The van der Waals surface area contributed by atoms with Gasteiger partial charge >= 0.3 is 0 Å². The maximum Gasteiger partial charge on any atom is 0.252 e. The molecule has 3 amide bonds. The minimum atomic E-state index is -0.848. The minimum absolute atomic E-state index is 0.0458. The summed E-state index contributed by atoms with van der Waals surface area (Å²) in [4.78, 5) is 45.2. The zero-order valence-corrected chi connectivity index (χ0v) is 15.2. The van der Waals surface area contributed by atoms with E-state index in [2.05, 4.69) is 10.3 Å². The van der Waals surface area contributed by atoms with Crippen molar-refractivity contribution in [2.45, 2.75) is 43.9 Å². The first-order valence-electron chi connectivity index (χ1n) is 9.53. The molecule has 2 saturated heterocycles. The maximum absolute atomic E-state index is 12.8. The average Bonchev–Trinajstić information content (AvgIpc) is 3.38. The quantitative estimate of drug-likeness (QED) is 0.800. The van der Waals surface area contributed by atoms with Crippen molar-refractivity contribution >= 4 is 17.7 Å². The first-order valence-corrected chi connectivity index (χ1v) is 9.53. The van der Waals surface area contributed by atoms with E-state index in [4.69, 9.17) is 4.74 Å². The van der Waals surface area contributed by atoms with E-state index in [1.165, 1.54) is 0 Å². The number of pyridine rings is 1. The third-order valence-electron chi connectivity index (χ3n) is 5.36. The number of morpholine rings is 1. The van der Waals surface area contributed by atoms with Crippen LogP contribution in [0.1, 0.15) is 37.3 Å². The van der Waals surface area contributed by atoms with Crippen LogP contribution in [0.25, 0.3) is 0 Å². The fourth-order valence-corrected chi connectivity index (χ4v) is 3.86. The van der Waals surface area contributed by atoms with E-state index in [-0.39, 0.29) is 36.9 Å². The molecule has 2 atom stereocenters. The molecule has 1 saturated carbocycles. The molecule has 1 aromatic heterocycles. The molecular formula is C19H24N4O4. The zero-order valence-electron chi connectivity index (χ0n) is 15.2. The fourth-order valence-electron chi connectivity index (χ4n) is 3.86. The van der Waals surface area contributed by atoms with Crippen LogP contribution in [0.4, 0.5) is 0 Å². The topological polar surface area (TPSA) is 91.8 Å². The van der Waals surface area contributed by atoms with Gasteiger partial charge in [-0.3, -0.25) is 19.4 Å². The summed E-state index contributed by atoms with van der Waals surface area (Å²) in [5.74, 6) is -0.553. The molecule has 3 heterocycles. The molecular weight excluding hydrogens is 348 g/mol. The Hall–Kier alpha value is -2.48. The number of hydrogen-bond acceptors (Lipinski definition) is 5. The lowest BCUT2D eigenvalue weighted by Crippen LogP contribution is -2.55. The van der Waals surface area contributed by atoms with E-state index in [1.807, 2.05) is 6.07 Å². The van der Waals surface area contributed by atoms with Crippen molar-refractivity contribution in [1.82, 2.24) is 20.1 Å². The lowest BCUT2D eigenvalue weighted by molar-refractivity contribution is -0.165. The van der Waals surface area contributed by atoms with Crippen LogP contribution in [0.3, 0.4) is 0 Å². The van der Waals surface area contributed by atoms with E-state index in [9.17, 15) is 14.4 Å². The Morgan fingerprint density at radius 2 is 2.04 bits per heavy atom. The zero-order chi connectivity index (χ0) is 18.8. The molecule has 0 aromatic carbocycles. The van der Waals surface area contributed by atoms with Gasteiger partial charge in [0.15, 0.2) is 6.10 Å². The third-order valence-corrected chi connectivity index (χ3v) is 5.36. The Morgan fingerprint density at radius 3 is 2.70 bits per heavy atom. The number of carbonyl (C=O) groups is 3. The van der Waals surface area contributed by atoms with E-state index in [0.29, 0.717) is 0 Å². The van der Waals surface area contributed by atoms with Crippen molar-refractivity contribution in [3.05, 3.63) is 30.1 Å². The second-order valence-electron chi connectivity index (χ2n) is 7.30. The monoisotopic (exact) mass is 372 g/mol. The summed E-state index contributed by atoms with van der Waals surface area (Å²) < 4.78 is 5.63. The van der Waals surface area contributed by atoms with Gasteiger partial charge in [-0.05, 0) is 37.3 Å². The first-order chi connectivity index (χ1) is 13.1. The van der Waals surface area contributed by atoms with Gasteiger partial charge in [-0.15, -0.1) is 0 Å². The largest absolute Gasteiger partial charge is 0.356 e.